The molecule has 2 aromatic rings. The number of nitrogens with zero attached hydrogens (tertiary/aromatic N) is 3. The maximum Gasteiger partial charge on any atom is 0.235 e. The number of rotatable bonds is 2. The standard InChI is InChI=1S/C24H29Cl2N3O/c1-5-14-8-6-7-11-29(14)21(30)24-10-9-23(4,22(24,2)3)19-20(24)28-18-13-16(26)15(25)12-17(18)27-19/h12-14H,5-11H2,1-4H3. The van der Waals surface area contributed by atoms with Gasteiger partial charge < -0.3 is 4.90 Å². The number of piperidine rings is 1. The Kier molecular flexibility index (Phi) is 4.48. The van der Waals surface area contributed by atoms with Crippen molar-refractivity contribution in [3.63, 3.8) is 0 Å². The van der Waals surface area contributed by atoms with Gasteiger partial charge in [-0.1, -0.05) is 50.9 Å². The molecule has 0 spiro atoms. The summed E-state index contributed by atoms with van der Waals surface area (Å²) in [6, 6.07) is 3.90. The quantitative estimate of drug-likeness (QED) is 0.564. The van der Waals surface area contributed by atoms with E-state index >= 15 is 0 Å². The van der Waals surface area contributed by atoms with Crippen LogP contribution in [0.25, 0.3) is 11.0 Å². The molecule has 2 bridgehead atoms. The first-order valence-electron chi connectivity index (χ1n) is 11.2. The lowest BCUT2D eigenvalue weighted by Crippen LogP contribution is -2.56. The van der Waals surface area contributed by atoms with E-state index in [4.69, 9.17) is 33.2 Å². The van der Waals surface area contributed by atoms with Crippen LogP contribution in [0.1, 0.15) is 77.6 Å². The van der Waals surface area contributed by atoms with E-state index in [2.05, 4.69) is 32.6 Å². The van der Waals surface area contributed by atoms with Crippen LogP contribution in [0.5, 0.6) is 0 Å². The summed E-state index contributed by atoms with van der Waals surface area (Å²) in [5.41, 5.74) is 2.23. The van der Waals surface area contributed by atoms with Crippen molar-refractivity contribution in [2.45, 2.75) is 83.1 Å². The van der Waals surface area contributed by atoms with Crippen molar-refractivity contribution in [2.24, 2.45) is 5.41 Å². The number of carbonyl (C=O) groups is 1. The third-order valence-corrected chi connectivity index (χ3v) is 9.53. The maximum absolute atomic E-state index is 14.3. The van der Waals surface area contributed by atoms with Crippen LogP contribution < -0.4 is 0 Å². The minimum atomic E-state index is -0.630. The van der Waals surface area contributed by atoms with Crippen molar-refractivity contribution in [1.82, 2.24) is 14.9 Å². The fraction of sp³-hybridized carbons (Fsp3) is 0.625. The van der Waals surface area contributed by atoms with Crippen LogP contribution in [0.2, 0.25) is 10.0 Å². The second kappa shape index (κ2) is 6.56. The van der Waals surface area contributed by atoms with Crippen molar-refractivity contribution in [3.8, 4) is 0 Å². The Bertz CT molecular complexity index is 1070. The number of hydrogen-bond acceptors (Lipinski definition) is 3. The highest BCUT2D eigenvalue weighted by Crippen LogP contribution is 2.70. The van der Waals surface area contributed by atoms with E-state index in [-0.39, 0.29) is 16.7 Å². The van der Waals surface area contributed by atoms with Gasteiger partial charge in [0.1, 0.15) is 0 Å². The lowest BCUT2D eigenvalue weighted by Gasteiger charge is -2.45. The minimum Gasteiger partial charge on any atom is -0.339 e. The van der Waals surface area contributed by atoms with Crippen LogP contribution in [0, 0.1) is 5.41 Å². The molecule has 2 fully saturated rings. The van der Waals surface area contributed by atoms with E-state index in [9.17, 15) is 4.79 Å². The fourth-order valence-corrected chi connectivity index (χ4v) is 6.83. The summed E-state index contributed by atoms with van der Waals surface area (Å²) in [4.78, 5) is 26.6. The summed E-state index contributed by atoms with van der Waals surface area (Å²) in [5.74, 6) is 0.259. The van der Waals surface area contributed by atoms with E-state index in [1.807, 2.05) is 0 Å². The predicted octanol–water partition coefficient (Wildman–Crippen LogP) is 6.06. The highest BCUT2D eigenvalue weighted by Gasteiger charge is 2.73. The van der Waals surface area contributed by atoms with Gasteiger partial charge in [0.15, 0.2) is 0 Å². The fourth-order valence-electron chi connectivity index (χ4n) is 6.51. The molecule has 0 radical (unpaired) electrons. The zero-order chi connectivity index (χ0) is 21.5. The zero-order valence-electron chi connectivity index (χ0n) is 18.2. The lowest BCUT2D eigenvalue weighted by atomic mass is 9.63. The Hall–Kier alpha value is -1.39. The monoisotopic (exact) mass is 445 g/mol. The van der Waals surface area contributed by atoms with Gasteiger partial charge in [0.05, 0.1) is 37.9 Å². The normalized spacial score (nSPS) is 31.9. The summed E-state index contributed by atoms with van der Waals surface area (Å²) in [6.45, 7) is 9.80. The largest absolute Gasteiger partial charge is 0.339 e. The number of hydrogen-bond donors (Lipinski definition) is 0. The number of amides is 1. The van der Waals surface area contributed by atoms with Gasteiger partial charge in [-0.25, -0.2) is 9.97 Å². The second-order valence-electron chi connectivity index (χ2n) is 10.1. The van der Waals surface area contributed by atoms with E-state index in [0.29, 0.717) is 21.6 Å². The van der Waals surface area contributed by atoms with E-state index in [1.54, 1.807) is 12.1 Å². The molecule has 1 aromatic carbocycles. The highest BCUT2D eigenvalue weighted by molar-refractivity contribution is 6.42. The molecule has 4 nitrogen and oxygen atoms in total. The predicted molar refractivity (Wildman–Crippen MR) is 121 cm³/mol. The van der Waals surface area contributed by atoms with Crippen molar-refractivity contribution < 1.29 is 4.79 Å². The molecule has 160 valence electrons. The van der Waals surface area contributed by atoms with Gasteiger partial charge in [-0.15, -0.1) is 0 Å². The molecule has 30 heavy (non-hydrogen) atoms. The molecular formula is C24H29Cl2N3O. The van der Waals surface area contributed by atoms with Crippen molar-refractivity contribution >= 4 is 40.1 Å². The minimum absolute atomic E-state index is 0.192. The van der Waals surface area contributed by atoms with Crippen molar-refractivity contribution in [1.29, 1.82) is 0 Å². The number of benzene rings is 1. The number of fused-ring (bicyclic) bond motifs is 6. The second-order valence-corrected chi connectivity index (χ2v) is 10.9. The molecular weight excluding hydrogens is 417 g/mol. The van der Waals surface area contributed by atoms with E-state index in [0.717, 1.165) is 55.6 Å². The number of likely N-dealkylation sites (tertiary alicyclic amines) is 1. The average Bonchev–Trinajstić information content (AvgIpc) is 3.02. The first-order valence-corrected chi connectivity index (χ1v) is 11.9. The summed E-state index contributed by atoms with van der Waals surface area (Å²) in [7, 11) is 0. The van der Waals surface area contributed by atoms with Crippen LogP contribution in [-0.4, -0.2) is 33.4 Å². The van der Waals surface area contributed by atoms with Gasteiger partial charge in [0.25, 0.3) is 0 Å². The Morgan fingerprint density at radius 2 is 1.70 bits per heavy atom. The molecule has 3 aliphatic rings. The van der Waals surface area contributed by atoms with Gasteiger partial charge in [-0.2, -0.15) is 0 Å². The molecule has 2 aliphatic carbocycles. The van der Waals surface area contributed by atoms with Gasteiger partial charge >= 0.3 is 0 Å². The SMILES string of the molecule is CCC1CCCCN1C(=O)C12CCC(C)(c3nc4cc(Cl)c(Cl)cc4nc31)C2(C)C. The first kappa shape index (κ1) is 20.5. The Morgan fingerprint density at radius 3 is 2.33 bits per heavy atom. The van der Waals surface area contributed by atoms with Gasteiger partial charge in [-0.3, -0.25) is 4.79 Å². The van der Waals surface area contributed by atoms with Crippen LogP contribution in [0.3, 0.4) is 0 Å². The van der Waals surface area contributed by atoms with E-state index in [1.165, 1.54) is 6.42 Å². The molecule has 2 heterocycles. The third-order valence-electron chi connectivity index (χ3n) is 8.80. The van der Waals surface area contributed by atoms with Crippen molar-refractivity contribution in [3.05, 3.63) is 33.6 Å². The topological polar surface area (TPSA) is 46.1 Å². The Morgan fingerprint density at radius 1 is 1.07 bits per heavy atom. The van der Waals surface area contributed by atoms with Crippen LogP contribution in [0.4, 0.5) is 0 Å². The molecule has 0 N–H and O–H groups in total. The van der Waals surface area contributed by atoms with Crippen molar-refractivity contribution in [2.75, 3.05) is 6.54 Å². The van der Waals surface area contributed by atoms with Gasteiger partial charge in [-0.05, 0) is 56.1 Å². The molecule has 6 heteroatoms. The average molecular weight is 446 g/mol. The zero-order valence-corrected chi connectivity index (χ0v) is 19.7. The number of carbonyl (C=O) groups excluding carboxylic acids is 1. The smallest absolute Gasteiger partial charge is 0.235 e. The Balaban J connectivity index is 1.74. The number of halogens is 2. The summed E-state index contributed by atoms with van der Waals surface area (Å²) in [5, 5.41) is 0.949. The summed E-state index contributed by atoms with van der Waals surface area (Å²) < 4.78 is 0. The van der Waals surface area contributed by atoms with Gasteiger partial charge in [0, 0.05) is 18.0 Å². The van der Waals surface area contributed by atoms with E-state index < -0.39 is 5.41 Å². The summed E-state index contributed by atoms with van der Waals surface area (Å²) in [6.07, 6.45) is 6.17. The lowest BCUT2D eigenvalue weighted by molar-refractivity contribution is -0.145. The first-order chi connectivity index (χ1) is 14.2. The Labute approximate surface area is 188 Å². The van der Waals surface area contributed by atoms with Crippen LogP contribution in [-0.2, 0) is 15.6 Å². The molecule has 3 atom stereocenters. The van der Waals surface area contributed by atoms with Gasteiger partial charge in [0.2, 0.25) is 5.91 Å². The summed E-state index contributed by atoms with van der Waals surface area (Å²) >= 11 is 12.5. The highest BCUT2D eigenvalue weighted by atomic mass is 35.5. The molecule has 1 amide bonds. The van der Waals surface area contributed by atoms with Crippen LogP contribution >= 0.6 is 23.2 Å². The van der Waals surface area contributed by atoms with Crippen LogP contribution in [0.15, 0.2) is 12.1 Å². The third kappa shape index (κ3) is 2.33. The molecule has 1 saturated carbocycles. The molecule has 1 aliphatic heterocycles. The maximum atomic E-state index is 14.3. The molecule has 5 rings (SSSR count). The molecule has 3 unspecified atom stereocenters. The molecule has 1 saturated heterocycles. The number of aromatic nitrogens is 2. The molecule has 1 aromatic heterocycles.